The predicted octanol–water partition coefficient (Wildman–Crippen LogP) is 3.56. The Morgan fingerprint density at radius 2 is 1.87 bits per heavy atom. The van der Waals surface area contributed by atoms with E-state index < -0.39 is 0 Å². The summed E-state index contributed by atoms with van der Waals surface area (Å²) >= 11 is 0. The Kier molecular flexibility index (Phi) is 5.08. The normalized spacial score (nSPS) is 18.3. The number of nitrogens with one attached hydrogen (secondary N) is 1. The van der Waals surface area contributed by atoms with E-state index in [1.807, 2.05) is 6.08 Å². The molecule has 0 heterocycles. The first-order valence-corrected chi connectivity index (χ1v) is 7.61. The number of carbonyl (C=O) groups excluding carboxylic acids is 1. The van der Waals surface area contributed by atoms with Gasteiger partial charge in [-0.15, -0.1) is 0 Å². The third kappa shape index (κ3) is 4.34. The molecule has 2 rings (SSSR count). The van der Waals surface area contributed by atoms with Gasteiger partial charge in [0.05, 0.1) is 19.9 Å². The fourth-order valence-electron chi connectivity index (χ4n) is 2.93. The van der Waals surface area contributed by atoms with E-state index in [1.165, 1.54) is 12.7 Å². The van der Waals surface area contributed by atoms with E-state index in [4.69, 9.17) is 9.47 Å². The molecule has 0 radical (unpaired) electrons. The maximum absolute atomic E-state index is 12.3. The Bertz CT molecular complexity index is 660. The zero-order chi connectivity index (χ0) is 17.0. The molecule has 5 nitrogen and oxygen atoms in total. The SMILES string of the molecule is COc1ccc(C(=O)N/N=C2/C=C(C)CC(C)(C)C2)cc1OC. The molecule has 0 atom stereocenters. The topological polar surface area (TPSA) is 59.9 Å². The fourth-order valence-corrected chi connectivity index (χ4v) is 2.93. The number of hydrogen-bond donors (Lipinski definition) is 1. The van der Waals surface area contributed by atoms with Gasteiger partial charge in [0.15, 0.2) is 11.5 Å². The number of hydrazone groups is 1. The van der Waals surface area contributed by atoms with E-state index in [0.29, 0.717) is 17.1 Å². The van der Waals surface area contributed by atoms with Gasteiger partial charge in [0, 0.05) is 5.56 Å². The summed E-state index contributed by atoms with van der Waals surface area (Å²) in [5.74, 6) is 0.832. The lowest BCUT2D eigenvalue weighted by molar-refractivity contribution is 0.0954. The summed E-state index contributed by atoms with van der Waals surface area (Å²) in [6.07, 6.45) is 3.94. The van der Waals surface area contributed by atoms with Crippen molar-refractivity contribution in [3.05, 3.63) is 35.4 Å². The van der Waals surface area contributed by atoms with Gasteiger partial charge >= 0.3 is 0 Å². The third-order valence-electron chi connectivity index (χ3n) is 3.78. The van der Waals surface area contributed by atoms with Gasteiger partial charge in [0.25, 0.3) is 5.91 Å². The van der Waals surface area contributed by atoms with Crippen LogP contribution in [0.4, 0.5) is 0 Å². The number of nitrogens with zero attached hydrogens (tertiary/aromatic N) is 1. The van der Waals surface area contributed by atoms with Gasteiger partial charge in [-0.25, -0.2) is 5.43 Å². The maximum Gasteiger partial charge on any atom is 0.271 e. The quantitative estimate of drug-likeness (QED) is 0.864. The van der Waals surface area contributed by atoms with Crippen molar-refractivity contribution in [2.24, 2.45) is 10.5 Å². The van der Waals surface area contributed by atoms with Crippen LogP contribution in [-0.4, -0.2) is 25.8 Å². The van der Waals surface area contributed by atoms with Crippen molar-refractivity contribution in [1.82, 2.24) is 5.43 Å². The first kappa shape index (κ1) is 17.1. The second-order valence-corrected chi connectivity index (χ2v) is 6.62. The molecule has 0 unspecified atom stereocenters. The number of methoxy groups -OCH3 is 2. The molecule has 0 aliphatic heterocycles. The van der Waals surface area contributed by atoms with E-state index in [0.717, 1.165) is 18.6 Å². The van der Waals surface area contributed by atoms with Crippen molar-refractivity contribution in [3.63, 3.8) is 0 Å². The van der Waals surface area contributed by atoms with E-state index >= 15 is 0 Å². The van der Waals surface area contributed by atoms with Gasteiger partial charge < -0.3 is 9.47 Å². The molecule has 1 amide bonds. The molecule has 5 heteroatoms. The molecular weight excluding hydrogens is 292 g/mol. The van der Waals surface area contributed by atoms with Crippen LogP contribution in [-0.2, 0) is 0 Å². The molecular formula is C18H24N2O3. The molecule has 1 aliphatic rings. The van der Waals surface area contributed by atoms with E-state index in [9.17, 15) is 4.79 Å². The number of allylic oxidation sites excluding steroid dienone is 2. The summed E-state index contributed by atoms with van der Waals surface area (Å²) in [5, 5.41) is 4.27. The number of hydrogen-bond acceptors (Lipinski definition) is 4. The van der Waals surface area contributed by atoms with E-state index in [-0.39, 0.29) is 11.3 Å². The summed E-state index contributed by atoms with van der Waals surface area (Å²) in [5.41, 5.74) is 5.45. The van der Waals surface area contributed by atoms with Crippen LogP contribution in [0.15, 0.2) is 34.9 Å². The molecule has 0 fully saturated rings. The molecule has 0 saturated carbocycles. The molecule has 0 spiro atoms. The van der Waals surface area contributed by atoms with Crippen molar-refractivity contribution < 1.29 is 14.3 Å². The average molecular weight is 316 g/mol. The van der Waals surface area contributed by atoms with Crippen molar-refractivity contribution in [2.45, 2.75) is 33.6 Å². The molecule has 0 saturated heterocycles. The van der Waals surface area contributed by atoms with Crippen LogP contribution >= 0.6 is 0 Å². The zero-order valence-corrected chi connectivity index (χ0v) is 14.4. The smallest absolute Gasteiger partial charge is 0.271 e. The summed E-state index contributed by atoms with van der Waals surface area (Å²) in [7, 11) is 3.10. The molecule has 1 aromatic rings. The lowest BCUT2D eigenvalue weighted by atomic mass is 9.77. The van der Waals surface area contributed by atoms with Gasteiger partial charge in [-0.05, 0) is 49.5 Å². The van der Waals surface area contributed by atoms with Crippen LogP contribution in [0, 0.1) is 5.41 Å². The summed E-state index contributed by atoms with van der Waals surface area (Å²) in [6, 6.07) is 5.03. The lowest BCUT2D eigenvalue weighted by Crippen LogP contribution is -2.25. The number of amides is 1. The van der Waals surface area contributed by atoms with Gasteiger partial charge in [-0.2, -0.15) is 5.10 Å². The Hall–Kier alpha value is -2.30. The molecule has 0 bridgehead atoms. The molecule has 23 heavy (non-hydrogen) atoms. The highest BCUT2D eigenvalue weighted by Crippen LogP contribution is 2.33. The van der Waals surface area contributed by atoms with Gasteiger partial charge in [-0.3, -0.25) is 4.79 Å². The van der Waals surface area contributed by atoms with Crippen molar-refractivity contribution in [1.29, 1.82) is 0 Å². The standard InChI is InChI=1S/C18H24N2O3/c1-12-8-14(11-18(2,3)10-12)19-20-17(21)13-6-7-15(22-4)16(9-13)23-5/h6-9H,10-11H2,1-5H3,(H,20,21)/b19-14-. The molecule has 1 N–H and O–H groups in total. The van der Waals surface area contributed by atoms with Gasteiger partial charge in [-0.1, -0.05) is 19.4 Å². The maximum atomic E-state index is 12.3. The van der Waals surface area contributed by atoms with E-state index in [2.05, 4.69) is 31.3 Å². The summed E-state index contributed by atoms with van der Waals surface area (Å²) in [6.45, 7) is 6.50. The second-order valence-electron chi connectivity index (χ2n) is 6.62. The first-order valence-electron chi connectivity index (χ1n) is 7.61. The van der Waals surface area contributed by atoms with Crippen molar-refractivity contribution in [3.8, 4) is 11.5 Å². The van der Waals surface area contributed by atoms with Crippen LogP contribution in [0.1, 0.15) is 44.0 Å². The molecule has 124 valence electrons. The summed E-state index contributed by atoms with van der Waals surface area (Å²) < 4.78 is 10.4. The third-order valence-corrected chi connectivity index (χ3v) is 3.78. The highest BCUT2D eigenvalue weighted by atomic mass is 16.5. The lowest BCUT2D eigenvalue weighted by Gasteiger charge is -2.29. The van der Waals surface area contributed by atoms with Crippen LogP contribution < -0.4 is 14.9 Å². The summed E-state index contributed by atoms with van der Waals surface area (Å²) in [4.78, 5) is 12.3. The van der Waals surface area contributed by atoms with Crippen LogP contribution in [0.3, 0.4) is 0 Å². The Morgan fingerprint density at radius 3 is 2.48 bits per heavy atom. The number of rotatable bonds is 4. The van der Waals surface area contributed by atoms with E-state index in [1.54, 1.807) is 25.3 Å². The Labute approximate surface area is 137 Å². The Balaban J connectivity index is 2.13. The fraction of sp³-hybridized carbons (Fsp3) is 0.444. The average Bonchev–Trinajstić information content (AvgIpc) is 2.50. The number of ether oxygens (including phenoxy) is 2. The van der Waals surface area contributed by atoms with Crippen LogP contribution in [0.25, 0.3) is 0 Å². The minimum Gasteiger partial charge on any atom is -0.493 e. The molecule has 1 aliphatic carbocycles. The predicted molar refractivity (Wildman–Crippen MR) is 91.2 cm³/mol. The number of carbonyl (C=O) groups is 1. The van der Waals surface area contributed by atoms with Crippen molar-refractivity contribution in [2.75, 3.05) is 14.2 Å². The van der Waals surface area contributed by atoms with Crippen molar-refractivity contribution >= 4 is 11.6 Å². The second kappa shape index (κ2) is 6.86. The minimum absolute atomic E-state index is 0.172. The van der Waals surface area contributed by atoms with Crippen LogP contribution in [0.5, 0.6) is 11.5 Å². The number of benzene rings is 1. The Morgan fingerprint density at radius 1 is 1.17 bits per heavy atom. The zero-order valence-electron chi connectivity index (χ0n) is 14.4. The molecule has 1 aromatic carbocycles. The highest BCUT2D eigenvalue weighted by molar-refractivity contribution is 5.99. The van der Waals surface area contributed by atoms with Gasteiger partial charge in [0.1, 0.15) is 0 Å². The molecule has 0 aromatic heterocycles. The highest BCUT2D eigenvalue weighted by Gasteiger charge is 2.24. The minimum atomic E-state index is -0.270. The first-order chi connectivity index (χ1) is 10.8. The largest absolute Gasteiger partial charge is 0.493 e. The van der Waals surface area contributed by atoms with Gasteiger partial charge in [0.2, 0.25) is 0 Å². The monoisotopic (exact) mass is 316 g/mol. The van der Waals surface area contributed by atoms with Crippen LogP contribution in [0.2, 0.25) is 0 Å².